The van der Waals surface area contributed by atoms with Crippen LogP contribution in [0, 0.1) is 0 Å². The van der Waals surface area contributed by atoms with Gasteiger partial charge in [0.25, 0.3) is 5.91 Å². The lowest BCUT2D eigenvalue weighted by molar-refractivity contribution is -0.137. The zero-order valence-electron chi connectivity index (χ0n) is 25.1. The number of anilines is 4. The fourth-order valence-corrected chi connectivity index (χ4v) is 6.61. The lowest BCUT2D eigenvalue weighted by atomic mass is 9.92. The SMILES string of the molecule is CCC(CC)(c1ccc(Nc2ncc(C(F)(F)F)c(Nc3ccc(OC(C)C)c4c3C(=O)N(C)C4)n2)c(OC)c1)P(=O)(O)O. The Morgan fingerprint density at radius 2 is 1.73 bits per heavy atom. The number of fused-ring (bicyclic) bond motifs is 1. The van der Waals surface area contributed by atoms with Crippen molar-refractivity contribution in [2.75, 3.05) is 24.8 Å². The van der Waals surface area contributed by atoms with Crippen LogP contribution >= 0.6 is 7.60 Å². The molecule has 0 aliphatic carbocycles. The van der Waals surface area contributed by atoms with Crippen LogP contribution in [0.15, 0.2) is 36.5 Å². The number of amides is 1. The minimum atomic E-state index is -4.82. The molecule has 0 bridgehead atoms. The van der Waals surface area contributed by atoms with Crippen LogP contribution in [0.25, 0.3) is 0 Å². The zero-order chi connectivity index (χ0) is 32.6. The highest BCUT2D eigenvalue weighted by Crippen LogP contribution is 2.61. The number of rotatable bonds is 11. The molecule has 0 saturated carbocycles. The highest BCUT2D eigenvalue weighted by atomic mass is 31.2. The molecule has 1 aromatic heterocycles. The van der Waals surface area contributed by atoms with Crippen molar-refractivity contribution in [3.8, 4) is 11.5 Å². The summed E-state index contributed by atoms with van der Waals surface area (Å²) in [7, 11) is -1.64. The van der Waals surface area contributed by atoms with E-state index in [1.54, 1.807) is 27.0 Å². The average Bonchev–Trinajstić information content (AvgIpc) is 3.24. The van der Waals surface area contributed by atoms with Crippen molar-refractivity contribution in [1.29, 1.82) is 0 Å². The molecule has 3 aromatic rings. The second-order valence-corrected chi connectivity index (χ2v) is 12.6. The van der Waals surface area contributed by atoms with Crippen LogP contribution in [0.4, 0.5) is 36.3 Å². The first-order valence-electron chi connectivity index (χ1n) is 13.9. The predicted octanol–water partition coefficient (Wildman–Crippen LogP) is 6.56. The largest absolute Gasteiger partial charge is 0.495 e. The fraction of sp³-hybridized carbons (Fsp3) is 0.414. The van der Waals surface area contributed by atoms with E-state index in [1.807, 2.05) is 13.8 Å². The summed E-state index contributed by atoms with van der Waals surface area (Å²) in [5.74, 6) is -0.562. The molecule has 238 valence electrons. The van der Waals surface area contributed by atoms with Gasteiger partial charge in [-0.25, -0.2) is 4.98 Å². The number of hydrogen-bond donors (Lipinski definition) is 4. The Morgan fingerprint density at radius 1 is 1.07 bits per heavy atom. The molecule has 2 aromatic carbocycles. The first kappa shape index (κ1) is 33.0. The number of hydrogen-bond acceptors (Lipinski definition) is 8. The third kappa shape index (κ3) is 6.19. The Morgan fingerprint density at radius 3 is 2.30 bits per heavy atom. The highest BCUT2D eigenvalue weighted by molar-refractivity contribution is 7.53. The van der Waals surface area contributed by atoms with E-state index in [-0.39, 0.29) is 60.0 Å². The van der Waals surface area contributed by atoms with Crippen molar-refractivity contribution in [3.05, 3.63) is 58.8 Å². The molecule has 0 fully saturated rings. The van der Waals surface area contributed by atoms with Gasteiger partial charge in [-0.1, -0.05) is 19.9 Å². The number of nitrogens with one attached hydrogen (secondary N) is 2. The van der Waals surface area contributed by atoms with Crippen molar-refractivity contribution in [2.24, 2.45) is 0 Å². The van der Waals surface area contributed by atoms with Crippen LogP contribution in [-0.4, -0.2) is 50.8 Å². The van der Waals surface area contributed by atoms with Gasteiger partial charge in [-0.05, 0) is 56.5 Å². The van der Waals surface area contributed by atoms with Gasteiger partial charge in [0.2, 0.25) is 5.95 Å². The van der Waals surface area contributed by atoms with Crippen LogP contribution in [0.1, 0.15) is 67.6 Å². The average molecular weight is 638 g/mol. The second kappa shape index (κ2) is 12.3. The Bertz CT molecular complexity index is 1610. The maximum Gasteiger partial charge on any atom is 0.421 e. The van der Waals surface area contributed by atoms with Crippen LogP contribution in [-0.2, 0) is 22.4 Å². The Hall–Kier alpha value is -3.87. The molecule has 0 atom stereocenters. The number of nitrogens with zero attached hydrogens (tertiary/aromatic N) is 3. The van der Waals surface area contributed by atoms with Crippen LogP contribution in [0.3, 0.4) is 0 Å². The minimum Gasteiger partial charge on any atom is -0.495 e. The molecular formula is C29H35F3N5O6P. The number of ether oxygens (including phenoxy) is 2. The summed E-state index contributed by atoms with van der Waals surface area (Å²) in [5.41, 5.74) is 0.300. The van der Waals surface area contributed by atoms with E-state index in [0.29, 0.717) is 23.1 Å². The third-order valence-electron chi connectivity index (χ3n) is 7.65. The summed E-state index contributed by atoms with van der Waals surface area (Å²) >= 11 is 0. The monoisotopic (exact) mass is 637 g/mol. The Balaban J connectivity index is 1.75. The number of alkyl halides is 3. The molecule has 2 heterocycles. The quantitative estimate of drug-likeness (QED) is 0.171. The van der Waals surface area contributed by atoms with E-state index in [4.69, 9.17) is 9.47 Å². The second-order valence-electron chi connectivity index (χ2n) is 10.7. The van der Waals surface area contributed by atoms with Crippen LogP contribution in [0.5, 0.6) is 11.5 Å². The minimum absolute atomic E-state index is 0.121. The van der Waals surface area contributed by atoms with Crippen molar-refractivity contribution in [1.82, 2.24) is 14.9 Å². The molecule has 11 nitrogen and oxygen atoms in total. The van der Waals surface area contributed by atoms with Crippen molar-refractivity contribution in [3.63, 3.8) is 0 Å². The number of halogens is 3. The number of methoxy groups -OCH3 is 1. The third-order valence-corrected chi connectivity index (χ3v) is 9.65. The molecule has 0 spiro atoms. The van der Waals surface area contributed by atoms with Gasteiger partial charge in [-0.2, -0.15) is 18.2 Å². The van der Waals surface area contributed by atoms with E-state index in [0.717, 1.165) is 0 Å². The van der Waals surface area contributed by atoms with E-state index in [9.17, 15) is 32.3 Å². The summed E-state index contributed by atoms with van der Waals surface area (Å²) in [6.45, 7) is 7.24. The molecule has 1 amide bonds. The maximum atomic E-state index is 14.0. The molecule has 1 aliphatic heterocycles. The van der Waals surface area contributed by atoms with Gasteiger partial charge >= 0.3 is 13.8 Å². The van der Waals surface area contributed by atoms with Crippen LogP contribution in [0.2, 0.25) is 0 Å². The normalized spacial score (nSPS) is 13.7. The molecule has 44 heavy (non-hydrogen) atoms. The fourth-order valence-electron chi connectivity index (χ4n) is 5.31. The number of aromatic nitrogens is 2. The molecule has 4 rings (SSSR count). The zero-order valence-corrected chi connectivity index (χ0v) is 26.0. The standard InChI is InChI=1S/C29H35F3N5O6P/c1-7-28(8-2,44(39,40)41)17-9-10-20(23(13-17)42-6)35-27-33-14-19(29(30,31)32)25(36-27)34-21-11-12-22(43-16(3)4)18-15-37(5)26(38)24(18)21/h9-14,16H,7-8,15H2,1-6H3,(H2,39,40,41)(H2,33,34,35,36). The summed E-state index contributed by atoms with van der Waals surface area (Å²) < 4.78 is 65.9. The molecule has 0 saturated heterocycles. The Labute approximate surface area is 253 Å². The lowest BCUT2D eigenvalue weighted by Gasteiger charge is -2.33. The van der Waals surface area contributed by atoms with E-state index < -0.39 is 30.3 Å². The summed E-state index contributed by atoms with van der Waals surface area (Å²) in [6.07, 6.45) is -4.07. The number of carbonyl (C=O) groups excluding carboxylic acids is 1. The van der Waals surface area contributed by atoms with Gasteiger partial charge in [0.05, 0.1) is 41.9 Å². The van der Waals surface area contributed by atoms with Crippen molar-refractivity contribution < 1.29 is 41.8 Å². The molecule has 15 heteroatoms. The van der Waals surface area contributed by atoms with Gasteiger partial charge in [0.1, 0.15) is 22.9 Å². The van der Waals surface area contributed by atoms with Gasteiger partial charge in [0, 0.05) is 18.8 Å². The van der Waals surface area contributed by atoms with Crippen molar-refractivity contribution in [2.45, 2.75) is 64.5 Å². The Kier molecular flexibility index (Phi) is 9.20. The maximum absolute atomic E-state index is 14.0. The summed E-state index contributed by atoms with van der Waals surface area (Å²) in [5, 5.41) is 4.09. The summed E-state index contributed by atoms with van der Waals surface area (Å²) in [4.78, 5) is 42.7. The van der Waals surface area contributed by atoms with E-state index in [1.165, 1.54) is 36.3 Å². The van der Waals surface area contributed by atoms with E-state index >= 15 is 0 Å². The van der Waals surface area contributed by atoms with Crippen LogP contribution < -0.4 is 20.1 Å². The smallest absolute Gasteiger partial charge is 0.421 e. The lowest BCUT2D eigenvalue weighted by Crippen LogP contribution is -2.24. The topological polar surface area (TPSA) is 146 Å². The van der Waals surface area contributed by atoms with Gasteiger partial charge in [-0.15, -0.1) is 0 Å². The van der Waals surface area contributed by atoms with Gasteiger partial charge in [0.15, 0.2) is 0 Å². The van der Waals surface area contributed by atoms with Gasteiger partial charge in [-0.3, -0.25) is 9.36 Å². The molecule has 1 aliphatic rings. The molecular weight excluding hydrogens is 602 g/mol. The first-order valence-corrected chi connectivity index (χ1v) is 15.5. The first-order chi connectivity index (χ1) is 20.6. The van der Waals surface area contributed by atoms with E-state index in [2.05, 4.69) is 20.6 Å². The molecule has 0 unspecified atom stereocenters. The highest BCUT2D eigenvalue weighted by Gasteiger charge is 2.45. The summed E-state index contributed by atoms with van der Waals surface area (Å²) in [6, 6.07) is 7.56. The van der Waals surface area contributed by atoms with Gasteiger partial charge < -0.3 is 34.8 Å². The molecule has 4 N–H and O–H groups in total. The molecule has 0 radical (unpaired) electrons. The number of carbonyl (C=O) groups is 1. The number of benzene rings is 2. The predicted molar refractivity (Wildman–Crippen MR) is 159 cm³/mol. The van der Waals surface area contributed by atoms with Crippen molar-refractivity contribution >= 4 is 36.6 Å².